The first kappa shape index (κ1) is 19.5. The summed E-state index contributed by atoms with van der Waals surface area (Å²) in [6.45, 7) is 3.00. The number of anilines is 1. The van der Waals surface area contributed by atoms with E-state index in [-0.39, 0.29) is 24.1 Å². The summed E-state index contributed by atoms with van der Waals surface area (Å²) < 4.78 is 12.9. The fourth-order valence-corrected chi connectivity index (χ4v) is 4.06. The largest absolute Gasteiger partial charge is 0.459 e. The van der Waals surface area contributed by atoms with Gasteiger partial charge in [-0.1, -0.05) is 31.2 Å². The number of aryl methyl sites for hydroxylation is 1. The van der Waals surface area contributed by atoms with Crippen LogP contribution in [0.5, 0.6) is 0 Å². The maximum atomic E-state index is 13.1. The second-order valence-electron chi connectivity index (χ2n) is 7.74. The van der Waals surface area contributed by atoms with Gasteiger partial charge in [0.15, 0.2) is 5.65 Å². The van der Waals surface area contributed by atoms with Gasteiger partial charge in [-0.05, 0) is 49.1 Å². The first-order chi connectivity index (χ1) is 15.2. The van der Waals surface area contributed by atoms with Crippen LogP contribution in [0.15, 0.2) is 48.5 Å². The van der Waals surface area contributed by atoms with Gasteiger partial charge in [-0.2, -0.15) is 0 Å². The monoisotopic (exact) mass is 416 g/mol. The minimum absolute atomic E-state index is 0.0633. The highest BCUT2D eigenvalue weighted by atomic mass is 16.6. The van der Waals surface area contributed by atoms with Crippen LogP contribution >= 0.6 is 0 Å². The number of fused-ring (bicyclic) bond motifs is 2. The van der Waals surface area contributed by atoms with Crippen molar-refractivity contribution in [1.82, 2.24) is 14.5 Å². The highest BCUT2D eigenvalue weighted by molar-refractivity contribution is 6.09. The van der Waals surface area contributed by atoms with Crippen LogP contribution in [0.3, 0.4) is 0 Å². The van der Waals surface area contributed by atoms with E-state index in [1.165, 1.54) is 0 Å². The molecule has 1 fully saturated rings. The fourth-order valence-electron chi connectivity index (χ4n) is 4.06. The molecule has 1 atom stereocenters. The molecule has 1 aliphatic rings. The lowest BCUT2D eigenvalue weighted by Gasteiger charge is -2.11. The topological polar surface area (TPSA) is 92.3 Å². The Morgan fingerprint density at radius 2 is 2.00 bits per heavy atom. The second kappa shape index (κ2) is 8.00. The van der Waals surface area contributed by atoms with Crippen molar-refractivity contribution in [2.45, 2.75) is 32.3 Å². The summed E-state index contributed by atoms with van der Waals surface area (Å²) in [6.07, 6.45) is 2.69. The Labute approximate surface area is 179 Å². The molecule has 0 spiro atoms. The molecule has 1 saturated heterocycles. The third kappa shape index (κ3) is 3.51. The third-order valence-electron chi connectivity index (χ3n) is 5.70. The lowest BCUT2D eigenvalue weighted by Crippen LogP contribution is -2.18. The summed E-state index contributed by atoms with van der Waals surface area (Å²) in [4.78, 5) is 22.6. The molecule has 0 amide bonds. The zero-order valence-electron chi connectivity index (χ0n) is 17.4. The number of para-hydroxylation sites is 2. The Kier molecular flexibility index (Phi) is 5.03. The van der Waals surface area contributed by atoms with Crippen LogP contribution in [0, 0.1) is 0 Å². The van der Waals surface area contributed by atoms with E-state index in [9.17, 15) is 4.79 Å². The van der Waals surface area contributed by atoms with Gasteiger partial charge in [-0.3, -0.25) is 4.57 Å². The summed E-state index contributed by atoms with van der Waals surface area (Å²) in [5.41, 5.74) is 11.2. The van der Waals surface area contributed by atoms with Gasteiger partial charge in [0.25, 0.3) is 0 Å². The SMILES string of the molecule is CCc1cccc(-n2c(N)c(C(=O)OC[C@@H]3CCCO3)c3nc4ccccc4nc32)c1. The maximum Gasteiger partial charge on any atom is 0.344 e. The molecule has 31 heavy (non-hydrogen) atoms. The Balaban J connectivity index is 1.67. The van der Waals surface area contributed by atoms with E-state index in [0.717, 1.165) is 36.0 Å². The van der Waals surface area contributed by atoms with Crippen molar-refractivity contribution in [2.24, 2.45) is 0 Å². The molecule has 0 aliphatic carbocycles. The fraction of sp³-hybridized carbons (Fsp3) is 0.292. The quantitative estimate of drug-likeness (QED) is 0.494. The molecule has 0 radical (unpaired) electrons. The average molecular weight is 416 g/mol. The number of nitrogens with zero attached hydrogens (tertiary/aromatic N) is 3. The Morgan fingerprint density at radius 1 is 1.19 bits per heavy atom. The highest BCUT2D eigenvalue weighted by Gasteiger charge is 2.27. The molecular formula is C24H24N4O3. The number of carbonyl (C=O) groups is 1. The second-order valence-corrected chi connectivity index (χ2v) is 7.74. The summed E-state index contributed by atoms with van der Waals surface area (Å²) in [6, 6.07) is 15.6. The number of nitrogens with two attached hydrogens (primary N) is 1. The normalized spacial score (nSPS) is 16.2. The number of rotatable bonds is 5. The number of benzene rings is 2. The molecule has 0 saturated carbocycles. The smallest absolute Gasteiger partial charge is 0.344 e. The summed E-state index contributed by atoms with van der Waals surface area (Å²) in [7, 11) is 0. The van der Waals surface area contributed by atoms with Crippen molar-refractivity contribution in [3.63, 3.8) is 0 Å². The zero-order chi connectivity index (χ0) is 21.4. The van der Waals surface area contributed by atoms with Crippen molar-refractivity contribution < 1.29 is 14.3 Å². The molecule has 4 aromatic rings. The first-order valence-electron chi connectivity index (χ1n) is 10.6. The van der Waals surface area contributed by atoms with Gasteiger partial charge in [0.05, 0.1) is 17.1 Å². The van der Waals surface area contributed by atoms with E-state index in [2.05, 4.69) is 13.0 Å². The number of hydrogen-bond acceptors (Lipinski definition) is 6. The van der Waals surface area contributed by atoms with Crippen molar-refractivity contribution in [3.05, 3.63) is 59.7 Å². The van der Waals surface area contributed by atoms with Crippen molar-refractivity contribution in [1.29, 1.82) is 0 Å². The number of hydrogen-bond donors (Lipinski definition) is 1. The predicted octanol–water partition coefficient (Wildman–Crippen LogP) is 4.05. The van der Waals surface area contributed by atoms with Crippen LogP contribution in [0.4, 0.5) is 5.82 Å². The van der Waals surface area contributed by atoms with E-state index >= 15 is 0 Å². The van der Waals surface area contributed by atoms with Gasteiger partial charge in [-0.15, -0.1) is 0 Å². The van der Waals surface area contributed by atoms with E-state index in [0.29, 0.717) is 23.3 Å². The van der Waals surface area contributed by atoms with Gasteiger partial charge in [0.1, 0.15) is 23.5 Å². The molecule has 0 unspecified atom stereocenters. The third-order valence-corrected chi connectivity index (χ3v) is 5.70. The van der Waals surface area contributed by atoms with Crippen LogP contribution in [-0.4, -0.2) is 39.8 Å². The van der Waals surface area contributed by atoms with Crippen LogP contribution in [0.1, 0.15) is 35.7 Å². The summed E-state index contributed by atoms with van der Waals surface area (Å²) in [5, 5.41) is 0. The van der Waals surface area contributed by atoms with Crippen molar-refractivity contribution in [2.75, 3.05) is 18.9 Å². The standard InChI is InChI=1S/C24H24N4O3/c1-2-15-7-5-8-16(13-15)28-22(25)20(24(29)31-14-17-9-6-12-30-17)21-23(28)27-19-11-4-3-10-18(19)26-21/h3-5,7-8,10-11,13,17H,2,6,9,12,14,25H2,1H3/t17-/m0/s1. The summed E-state index contributed by atoms with van der Waals surface area (Å²) >= 11 is 0. The number of esters is 1. The molecule has 5 rings (SSSR count). The summed E-state index contributed by atoms with van der Waals surface area (Å²) in [5.74, 6) is -0.233. The number of ether oxygens (including phenoxy) is 2. The minimum atomic E-state index is -0.507. The van der Waals surface area contributed by atoms with Crippen LogP contribution in [0.2, 0.25) is 0 Å². The minimum Gasteiger partial charge on any atom is -0.459 e. The predicted molar refractivity (Wildman–Crippen MR) is 119 cm³/mol. The van der Waals surface area contributed by atoms with Crippen molar-refractivity contribution in [3.8, 4) is 5.69 Å². The molecular weight excluding hydrogens is 392 g/mol. The molecule has 158 valence electrons. The molecule has 7 heteroatoms. The Hall–Kier alpha value is -3.45. The van der Waals surface area contributed by atoms with Gasteiger partial charge in [0, 0.05) is 12.3 Å². The maximum absolute atomic E-state index is 13.1. The molecule has 1 aliphatic heterocycles. The van der Waals surface area contributed by atoms with E-state index in [1.54, 1.807) is 4.57 Å². The number of nitrogen functional groups attached to an aromatic ring is 1. The highest BCUT2D eigenvalue weighted by Crippen LogP contribution is 2.32. The Bertz CT molecular complexity index is 1270. The van der Waals surface area contributed by atoms with Gasteiger partial charge < -0.3 is 15.2 Å². The van der Waals surface area contributed by atoms with E-state index in [1.807, 2.05) is 42.5 Å². The van der Waals surface area contributed by atoms with E-state index in [4.69, 9.17) is 25.2 Å². The molecule has 2 N–H and O–H groups in total. The molecule has 0 bridgehead atoms. The van der Waals surface area contributed by atoms with Crippen LogP contribution in [0.25, 0.3) is 27.9 Å². The van der Waals surface area contributed by atoms with Gasteiger partial charge in [-0.25, -0.2) is 14.8 Å². The molecule has 2 aromatic heterocycles. The van der Waals surface area contributed by atoms with Gasteiger partial charge in [0.2, 0.25) is 0 Å². The van der Waals surface area contributed by atoms with Gasteiger partial charge >= 0.3 is 5.97 Å². The first-order valence-corrected chi connectivity index (χ1v) is 10.6. The lowest BCUT2D eigenvalue weighted by atomic mass is 10.1. The van der Waals surface area contributed by atoms with Crippen LogP contribution in [-0.2, 0) is 15.9 Å². The average Bonchev–Trinajstić information content (AvgIpc) is 3.41. The molecule has 2 aromatic carbocycles. The molecule has 7 nitrogen and oxygen atoms in total. The zero-order valence-corrected chi connectivity index (χ0v) is 17.4. The van der Waals surface area contributed by atoms with Crippen molar-refractivity contribution >= 4 is 34.0 Å². The Morgan fingerprint density at radius 3 is 2.74 bits per heavy atom. The molecule has 3 heterocycles. The number of carbonyl (C=O) groups excluding carboxylic acids is 1. The van der Waals surface area contributed by atoms with Crippen LogP contribution < -0.4 is 5.73 Å². The number of aromatic nitrogens is 3. The van der Waals surface area contributed by atoms with E-state index < -0.39 is 5.97 Å². The lowest BCUT2D eigenvalue weighted by molar-refractivity contribution is 0.0163.